The third-order valence-corrected chi connectivity index (χ3v) is 4.70. The van der Waals surface area contributed by atoms with E-state index in [2.05, 4.69) is 17.2 Å². The van der Waals surface area contributed by atoms with Crippen LogP contribution in [0.15, 0.2) is 52.4 Å². The summed E-state index contributed by atoms with van der Waals surface area (Å²) in [5.41, 5.74) is 4.17. The molecule has 2 aromatic rings. The van der Waals surface area contributed by atoms with Gasteiger partial charge in [0.2, 0.25) is 0 Å². The Morgan fingerprint density at radius 3 is 2.52 bits per heavy atom. The molecule has 1 fully saturated rings. The molecule has 23 heavy (non-hydrogen) atoms. The van der Waals surface area contributed by atoms with E-state index in [0.717, 1.165) is 11.3 Å². The second kappa shape index (κ2) is 6.60. The largest absolute Gasteiger partial charge is 0.300 e. The highest BCUT2D eigenvalue weighted by Gasteiger charge is 2.23. The van der Waals surface area contributed by atoms with Crippen LogP contribution in [0.25, 0.3) is 6.08 Å². The molecule has 1 aliphatic heterocycles. The molecule has 3 nitrogen and oxygen atoms in total. The van der Waals surface area contributed by atoms with Gasteiger partial charge in [-0.1, -0.05) is 29.8 Å². The van der Waals surface area contributed by atoms with Crippen LogP contribution in [0.3, 0.4) is 0 Å². The zero-order valence-electron chi connectivity index (χ0n) is 12.8. The fourth-order valence-corrected chi connectivity index (χ4v) is 3.07. The predicted molar refractivity (Wildman–Crippen MR) is 98.2 cm³/mol. The number of nitrogens with zero attached hydrogens (tertiary/aromatic N) is 1. The van der Waals surface area contributed by atoms with Crippen LogP contribution in [0.4, 0.5) is 5.69 Å². The molecule has 0 saturated carbocycles. The molecule has 1 amide bonds. The Morgan fingerprint density at radius 1 is 1.09 bits per heavy atom. The van der Waals surface area contributed by atoms with Gasteiger partial charge in [-0.3, -0.25) is 4.79 Å². The number of amides is 1. The molecule has 0 aromatic heterocycles. The Hall–Kier alpha value is -2.04. The maximum absolute atomic E-state index is 12.1. The fraction of sp³-hybridized carbons (Fsp3) is 0.111. The van der Waals surface area contributed by atoms with Gasteiger partial charge in [0, 0.05) is 5.02 Å². The minimum Gasteiger partial charge on any atom is -0.300 e. The van der Waals surface area contributed by atoms with Crippen LogP contribution in [-0.2, 0) is 4.79 Å². The quantitative estimate of drug-likeness (QED) is 0.793. The molecule has 0 spiro atoms. The van der Waals surface area contributed by atoms with Gasteiger partial charge in [-0.2, -0.15) is 0 Å². The van der Waals surface area contributed by atoms with Crippen molar-refractivity contribution in [1.82, 2.24) is 5.32 Å². The number of carbonyl (C=O) groups is 1. The van der Waals surface area contributed by atoms with E-state index in [1.54, 1.807) is 12.1 Å². The van der Waals surface area contributed by atoms with E-state index in [9.17, 15) is 4.79 Å². The predicted octanol–water partition coefficient (Wildman–Crippen LogP) is 4.85. The molecule has 0 bridgehead atoms. The Bertz CT molecular complexity index is 825. The highest BCUT2D eigenvalue weighted by molar-refractivity contribution is 8.18. The maximum Gasteiger partial charge on any atom is 0.264 e. The van der Waals surface area contributed by atoms with Crippen molar-refractivity contribution in [3.63, 3.8) is 0 Å². The van der Waals surface area contributed by atoms with Crippen molar-refractivity contribution >= 4 is 46.2 Å². The van der Waals surface area contributed by atoms with Gasteiger partial charge in [0.1, 0.15) is 0 Å². The number of amidine groups is 1. The lowest BCUT2D eigenvalue weighted by molar-refractivity contribution is -0.115. The van der Waals surface area contributed by atoms with Gasteiger partial charge in [0.05, 0.1) is 10.6 Å². The topological polar surface area (TPSA) is 41.5 Å². The molecule has 3 rings (SSSR count). The number of hydrogen-bond acceptors (Lipinski definition) is 3. The fourth-order valence-electron chi connectivity index (χ4n) is 2.10. The number of benzene rings is 2. The normalized spacial score (nSPS) is 17.8. The average Bonchev–Trinajstić information content (AvgIpc) is 2.85. The number of rotatable bonds is 2. The maximum atomic E-state index is 12.1. The SMILES string of the molecule is Cc1ccc(N=C2NC(=O)/C(=C\c3ccc(Cl)cc3)S2)cc1C. The second-order valence-corrected chi connectivity index (χ2v) is 6.77. The number of aliphatic imine (C=N–C) groups is 1. The van der Waals surface area contributed by atoms with E-state index in [-0.39, 0.29) is 5.91 Å². The Balaban J connectivity index is 1.82. The van der Waals surface area contributed by atoms with E-state index in [1.165, 1.54) is 22.9 Å². The summed E-state index contributed by atoms with van der Waals surface area (Å²) in [6.07, 6.45) is 1.83. The van der Waals surface area contributed by atoms with E-state index in [4.69, 9.17) is 11.6 Å². The number of hydrogen-bond donors (Lipinski definition) is 1. The Labute approximate surface area is 144 Å². The summed E-state index contributed by atoms with van der Waals surface area (Å²) >= 11 is 7.21. The first-order chi connectivity index (χ1) is 11.0. The van der Waals surface area contributed by atoms with Crippen molar-refractivity contribution < 1.29 is 4.79 Å². The van der Waals surface area contributed by atoms with E-state index >= 15 is 0 Å². The van der Waals surface area contributed by atoms with Gasteiger partial charge in [-0.25, -0.2) is 4.99 Å². The molecule has 1 heterocycles. The summed E-state index contributed by atoms with van der Waals surface area (Å²) in [5, 5.41) is 4.07. The second-order valence-electron chi connectivity index (χ2n) is 5.30. The molecule has 1 N–H and O–H groups in total. The van der Waals surface area contributed by atoms with Crippen LogP contribution in [0.2, 0.25) is 5.02 Å². The standard InChI is InChI=1S/C18H15ClN2OS/c1-11-3-8-15(9-12(11)2)20-18-21-17(22)16(23-18)10-13-4-6-14(19)7-5-13/h3-10H,1-2H3,(H,20,21,22)/b16-10+. The third kappa shape index (κ3) is 3.84. The van der Waals surface area contributed by atoms with Crippen molar-refractivity contribution in [1.29, 1.82) is 0 Å². The van der Waals surface area contributed by atoms with Crippen LogP contribution in [-0.4, -0.2) is 11.1 Å². The van der Waals surface area contributed by atoms with Crippen LogP contribution in [0.1, 0.15) is 16.7 Å². The molecule has 1 saturated heterocycles. The van der Waals surface area contributed by atoms with Crippen molar-refractivity contribution in [2.45, 2.75) is 13.8 Å². The van der Waals surface area contributed by atoms with Crippen molar-refractivity contribution in [3.8, 4) is 0 Å². The Morgan fingerprint density at radius 2 is 1.83 bits per heavy atom. The van der Waals surface area contributed by atoms with Crippen LogP contribution >= 0.6 is 23.4 Å². The van der Waals surface area contributed by atoms with Gasteiger partial charge in [-0.05, 0) is 72.6 Å². The van der Waals surface area contributed by atoms with E-state index in [0.29, 0.717) is 15.1 Å². The molecule has 1 aliphatic rings. The first-order valence-electron chi connectivity index (χ1n) is 7.14. The van der Waals surface area contributed by atoms with Gasteiger partial charge >= 0.3 is 0 Å². The molecular weight excluding hydrogens is 328 g/mol. The number of aryl methyl sites for hydroxylation is 2. The third-order valence-electron chi connectivity index (χ3n) is 3.54. The summed E-state index contributed by atoms with van der Waals surface area (Å²) in [5.74, 6) is -0.132. The highest BCUT2D eigenvalue weighted by atomic mass is 35.5. The lowest BCUT2D eigenvalue weighted by Gasteiger charge is -2.01. The van der Waals surface area contributed by atoms with Crippen molar-refractivity contribution in [3.05, 3.63) is 69.1 Å². The molecule has 0 atom stereocenters. The zero-order chi connectivity index (χ0) is 16.4. The molecular formula is C18H15ClN2OS. The molecule has 2 aromatic carbocycles. The smallest absolute Gasteiger partial charge is 0.264 e. The monoisotopic (exact) mass is 342 g/mol. The summed E-state index contributed by atoms with van der Waals surface area (Å²) in [4.78, 5) is 17.2. The Kier molecular flexibility index (Phi) is 4.55. The summed E-state index contributed by atoms with van der Waals surface area (Å²) in [6.45, 7) is 4.11. The lowest BCUT2D eigenvalue weighted by atomic mass is 10.1. The summed E-state index contributed by atoms with van der Waals surface area (Å²) in [6, 6.07) is 13.3. The van der Waals surface area contributed by atoms with Gasteiger partial charge in [-0.15, -0.1) is 0 Å². The number of thioether (sulfide) groups is 1. The van der Waals surface area contributed by atoms with E-state index in [1.807, 2.05) is 43.3 Å². The van der Waals surface area contributed by atoms with Crippen LogP contribution in [0, 0.1) is 13.8 Å². The first kappa shape index (κ1) is 15.8. The number of nitrogens with one attached hydrogen (secondary N) is 1. The number of halogens is 1. The van der Waals surface area contributed by atoms with Gasteiger partial charge in [0.25, 0.3) is 5.91 Å². The lowest BCUT2D eigenvalue weighted by Crippen LogP contribution is -2.19. The van der Waals surface area contributed by atoms with Crippen molar-refractivity contribution in [2.24, 2.45) is 4.99 Å². The van der Waals surface area contributed by atoms with Crippen LogP contribution in [0.5, 0.6) is 0 Å². The zero-order valence-corrected chi connectivity index (χ0v) is 14.3. The summed E-state index contributed by atoms with van der Waals surface area (Å²) in [7, 11) is 0. The van der Waals surface area contributed by atoms with Gasteiger partial charge in [0.15, 0.2) is 5.17 Å². The van der Waals surface area contributed by atoms with Crippen molar-refractivity contribution in [2.75, 3.05) is 0 Å². The van der Waals surface area contributed by atoms with Gasteiger partial charge < -0.3 is 5.32 Å². The molecule has 0 radical (unpaired) electrons. The molecule has 0 unspecified atom stereocenters. The highest BCUT2D eigenvalue weighted by Crippen LogP contribution is 2.28. The molecule has 0 aliphatic carbocycles. The minimum atomic E-state index is -0.132. The average molecular weight is 343 g/mol. The number of carbonyl (C=O) groups excluding carboxylic acids is 1. The van der Waals surface area contributed by atoms with E-state index < -0.39 is 0 Å². The summed E-state index contributed by atoms with van der Waals surface area (Å²) < 4.78 is 0. The van der Waals surface area contributed by atoms with Crippen LogP contribution < -0.4 is 5.32 Å². The molecule has 5 heteroatoms. The molecule has 116 valence electrons. The minimum absolute atomic E-state index is 0.132. The first-order valence-corrected chi connectivity index (χ1v) is 8.33.